The zero-order valence-corrected chi connectivity index (χ0v) is 10.8. The van der Waals surface area contributed by atoms with Gasteiger partial charge in [0.2, 0.25) is 0 Å². The molecule has 14 heavy (non-hydrogen) atoms. The van der Waals surface area contributed by atoms with E-state index in [1.807, 2.05) is 27.8 Å². The molecule has 3 nitrogen and oxygen atoms in total. The van der Waals surface area contributed by atoms with Gasteiger partial charge in [0, 0.05) is 25.8 Å². The van der Waals surface area contributed by atoms with Gasteiger partial charge in [-0.3, -0.25) is 5.43 Å². The van der Waals surface area contributed by atoms with Crippen molar-refractivity contribution in [3.8, 4) is 0 Å². The molecule has 0 aromatic rings. The maximum Gasteiger partial charge on any atom is 0.0478 e. The molecule has 0 rings (SSSR count). The lowest BCUT2D eigenvalue weighted by atomic mass is 10.3. The van der Waals surface area contributed by atoms with E-state index in [1.54, 1.807) is 0 Å². The van der Waals surface area contributed by atoms with E-state index in [9.17, 15) is 0 Å². The third-order valence-corrected chi connectivity index (χ3v) is 1.80. The lowest BCUT2D eigenvalue weighted by Gasteiger charge is -2.24. The molecule has 0 saturated heterocycles. The average molecular weight is 204 g/mol. The van der Waals surface area contributed by atoms with Crippen molar-refractivity contribution in [3.63, 3.8) is 0 Å². The highest BCUT2D eigenvalue weighted by atomic mass is 16.5. The van der Waals surface area contributed by atoms with Gasteiger partial charge in [-0.25, -0.2) is 5.01 Å². The Balaban J connectivity index is 0. The molecule has 0 fully saturated rings. The molecule has 0 saturated carbocycles. The third-order valence-electron chi connectivity index (χ3n) is 1.80. The van der Waals surface area contributed by atoms with E-state index in [4.69, 9.17) is 4.74 Å². The van der Waals surface area contributed by atoms with Crippen LogP contribution < -0.4 is 5.43 Å². The van der Waals surface area contributed by atoms with Gasteiger partial charge in [0.05, 0.1) is 0 Å². The summed E-state index contributed by atoms with van der Waals surface area (Å²) in [6.07, 6.45) is 1.09. The number of nitrogens with one attached hydrogen (secondary N) is 1. The third kappa shape index (κ3) is 9.96. The fourth-order valence-corrected chi connectivity index (χ4v) is 1.11. The lowest BCUT2D eigenvalue weighted by molar-refractivity contribution is 0.108. The summed E-state index contributed by atoms with van der Waals surface area (Å²) in [4.78, 5) is 0. The maximum absolute atomic E-state index is 5.25. The van der Waals surface area contributed by atoms with Gasteiger partial charge in [-0.05, 0) is 34.2 Å². The fourth-order valence-electron chi connectivity index (χ4n) is 1.11. The number of hydrogen-bond donors (Lipinski definition) is 1. The van der Waals surface area contributed by atoms with Crippen LogP contribution in [-0.2, 0) is 4.74 Å². The van der Waals surface area contributed by atoms with Crippen LogP contribution in [0.15, 0.2) is 0 Å². The standard InChI is InChI=1S/C9H22N2O.C2H6/c1-5-12-8-6-7-11(10-4)9(2)3;1-2/h9-10H,5-8H2,1-4H3;1-2H3. The molecular formula is C11H28N2O. The lowest BCUT2D eigenvalue weighted by Crippen LogP contribution is -2.41. The predicted octanol–water partition coefficient (Wildman–Crippen LogP) is 2.28. The molecular weight excluding hydrogens is 176 g/mol. The van der Waals surface area contributed by atoms with E-state index in [0.29, 0.717) is 6.04 Å². The van der Waals surface area contributed by atoms with E-state index < -0.39 is 0 Å². The van der Waals surface area contributed by atoms with E-state index in [1.165, 1.54) is 0 Å². The molecule has 0 heterocycles. The molecule has 3 heteroatoms. The quantitative estimate of drug-likeness (QED) is 0.508. The van der Waals surface area contributed by atoms with Crippen LogP contribution in [-0.4, -0.2) is 37.9 Å². The van der Waals surface area contributed by atoms with Crippen molar-refractivity contribution in [2.24, 2.45) is 0 Å². The average Bonchev–Trinajstić information content (AvgIpc) is 2.20. The number of hydrogen-bond acceptors (Lipinski definition) is 3. The van der Waals surface area contributed by atoms with Crippen molar-refractivity contribution >= 4 is 0 Å². The molecule has 0 unspecified atom stereocenters. The van der Waals surface area contributed by atoms with Crippen LogP contribution in [0.25, 0.3) is 0 Å². The first-order valence-corrected chi connectivity index (χ1v) is 5.74. The predicted molar refractivity (Wildman–Crippen MR) is 63.4 cm³/mol. The van der Waals surface area contributed by atoms with Gasteiger partial charge < -0.3 is 4.74 Å². The molecule has 88 valence electrons. The number of nitrogens with zero attached hydrogens (tertiary/aromatic N) is 1. The van der Waals surface area contributed by atoms with Crippen molar-refractivity contribution in [2.75, 3.05) is 26.8 Å². The van der Waals surface area contributed by atoms with Gasteiger partial charge in [0.15, 0.2) is 0 Å². The zero-order valence-electron chi connectivity index (χ0n) is 10.8. The van der Waals surface area contributed by atoms with Crippen molar-refractivity contribution < 1.29 is 4.74 Å². The van der Waals surface area contributed by atoms with Crippen LogP contribution in [0.2, 0.25) is 0 Å². The second-order valence-electron chi connectivity index (χ2n) is 3.06. The summed E-state index contributed by atoms with van der Waals surface area (Å²) in [5.41, 5.74) is 3.16. The summed E-state index contributed by atoms with van der Waals surface area (Å²) in [7, 11) is 1.96. The smallest absolute Gasteiger partial charge is 0.0478 e. The fraction of sp³-hybridized carbons (Fsp3) is 1.00. The summed E-state index contributed by atoms with van der Waals surface area (Å²) in [6.45, 7) is 13.1. The van der Waals surface area contributed by atoms with Gasteiger partial charge in [-0.15, -0.1) is 0 Å². The molecule has 0 aliphatic rings. The Morgan fingerprint density at radius 2 is 1.86 bits per heavy atom. The number of rotatable bonds is 7. The van der Waals surface area contributed by atoms with Crippen molar-refractivity contribution in [3.05, 3.63) is 0 Å². The van der Waals surface area contributed by atoms with Crippen molar-refractivity contribution in [1.82, 2.24) is 10.4 Å². The monoisotopic (exact) mass is 204 g/mol. The first kappa shape index (κ1) is 16.3. The Kier molecular flexibility index (Phi) is 15.0. The van der Waals surface area contributed by atoms with E-state index in [-0.39, 0.29) is 0 Å². The van der Waals surface area contributed by atoms with Gasteiger partial charge in [-0.2, -0.15) is 0 Å². The van der Waals surface area contributed by atoms with E-state index in [0.717, 1.165) is 26.2 Å². The second kappa shape index (κ2) is 12.9. The first-order valence-electron chi connectivity index (χ1n) is 5.74. The molecule has 0 atom stereocenters. The molecule has 0 aliphatic heterocycles. The van der Waals surface area contributed by atoms with Crippen LogP contribution in [0.3, 0.4) is 0 Å². The van der Waals surface area contributed by atoms with Gasteiger partial charge >= 0.3 is 0 Å². The van der Waals surface area contributed by atoms with Crippen molar-refractivity contribution in [2.45, 2.75) is 47.1 Å². The van der Waals surface area contributed by atoms with Crippen LogP contribution >= 0.6 is 0 Å². The molecule has 0 aromatic carbocycles. The maximum atomic E-state index is 5.25. The van der Waals surface area contributed by atoms with E-state index >= 15 is 0 Å². The summed E-state index contributed by atoms with van der Waals surface area (Å²) >= 11 is 0. The molecule has 0 spiro atoms. The minimum atomic E-state index is 0.552. The normalized spacial score (nSPS) is 10.3. The number of hydrazine groups is 1. The summed E-state index contributed by atoms with van der Waals surface area (Å²) in [6, 6.07) is 0.552. The molecule has 1 N–H and O–H groups in total. The Morgan fingerprint density at radius 3 is 2.21 bits per heavy atom. The van der Waals surface area contributed by atoms with Gasteiger partial charge in [-0.1, -0.05) is 13.8 Å². The summed E-state index contributed by atoms with van der Waals surface area (Å²) in [5.74, 6) is 0. The van der Waals surface area contributed by atoms with E-state index in [2.05, 4.69) is 24.3 Å². The van der Waals surface area contributed by atoms with Gasteiger partial charge in [0.25, 0.3) is 0 Å². The Hall–Kier alpha value is -0.120. The highest BCUT2D eigenvalue weighted by molar-refractivity contribution is 4.55. The van der Waals surface area contributed by atoms with Crippen LogP contribution in [0, 0.1) is 0 Å². The van der Waals surface area contributed by atoms with Crippen LogP contribution in [0.1, 0.15) is 41.0 Å². The number of ether oxygens (including phenoxy) is 1. The van der Waals surface area contributed by atoms with Crippen LogP contribution in [0.4, 0.5) is 0 Å². The minimum Gasteiger partial charge on any atom is -0.382 e. The first-order chi connectivity index (χ1) is 6.72. The highest BCUT2D eigenvalue weighted by Gasteiger charge is 2.04. The SMILES string of the molecule is CC.CCOCCCN(NC)C(C)C. The molecule has 0 aliphatic carbocycles. The summed E-state index contributed by atoms with van der Waals surface area (Å²) in [5, 5.41) is 2.21. The van der Waals surface area contributed by atoms with Crippen molar-refractivity contribution in [1.29, 1.82) is 0 Å². The van der Waals surface area contributed by atoms with Crippen LogP contribution in [0.5, 0.6) is 0 Å². The molecule has 0 amide bonds. The molecule has 0 radical (unpaired) electrons. The molecule has 0 aromatic heterocycles. The molecule has 0 bridgehead atoms. The Labute approximate surface area is 89.8 Å². The highest BCUT2D eigenvalue weighted by Crippen LogP contribution is 1.94. The summed E-state index contributed by atoms with van der Waals surface area (Å²) < 4.78 is 5.25. The largest absolute Gasteiger partial charge is 0.382 e. The topological polar surface area (TPSA) is 24.5 Å². The minimum absolute atomic E-state index is 0.552. The van der Waals surface area contributed by atoms with Gasteiger partial charge in [0.1, 0.15) is 0 Å². The Bertz CT molecular complexity index is 97.3. The zero-order chi connectivity index (χ0) is 11.4. The Morgan fingerprint density at radius 1 is 1.29 bits per heavy atom. The second-order valence-corrected chi connectivity index (χ2v) is 3.06.